The van der Waals surface area contributed by atoms with Gasteiger partial charge in [-0.25, -0.2) is 8.42 Å². The van der Waals surface area contributed by atoms with Crippen molar-refractivity contribution in [2.24, 2.45) is 0 Å². The highest BCUT2D eigenvalue weighted by atomic mass is 32.2. The van der Waals surface area contributed by atoms with Crippen LogP contribution in [0.25, 0.3) is 0 Å². The molecule has 0 atom stereocenters. The Labute approximate surface area is 124 Å². The lowest BCUT2D eigenvalue weighted by Gasteiger charge is -2.19. The summed E-state index contributed by atoms with van der Waals surface area (Å²) in [4.78, 5) is 10.5. The maximum absolute atomic E-state index is 12.4. The third kappa shape index (κ3) is 5.10. The molecule has 1 aromatic heterocycles. The van der Waals surface area contributed by atoms with Gasteiger partial charge in [0.25, 0.3) is 0 Å². The zero-order valence-electron chi connectivity index (χ0n) is 12.0. The van der Waals surface area contributed by atoms with Crippen LogP contribution >= 0.6 is 0 Å². The van der Waals surface area contributed by atoms with E-state index in [1.807, 2.05) is 6.92 Å². The molecule has 0 aliphatic rings. The van der Waals surface area contributed by atoms with Crippen LogP contribution in [-0.2, 0) is 21.4 Å². The zero-order chi connectivity index (χ0) is 15.9. The van der Waals surface area contributed by atoms with Crippen molar-refractivity contribution in [2.75, 3.05) is 19.7 Å². The molecule has 0 amide bonds. The van der Waals surface area contributed by atoms with Gasteiger partial charge >= 0.3 is 5.97 Å². The number of carboxylic acids is 1. The van der Waals surface area contributed by atoms with Crippen LogP contribution in [0.4, 0.5) is 0 Å². The maximum atomic E-state index is 12.4. The van der Waals surface area contributed by atoms with E-state index in [-0.39, 0.29) is 31.0 Å². The number of hydrogen-bond donors (Lipinski definition) is 2. The molecule has 0 aliphatic heterocycles. The first-order valence-corrected chi connectivity index (χ1v) is 8.21. The van der Waals surface area contributed by atoms with Crippen molar-refractivity contribution < 1.29 is 23.4 Å². The summed E-state index contributed by atoms with van der Waals surface area (Å²) >= 11 is 0. The van der Waals surface area contributed by atoms with Gasteiger partial charge in [-0.3, -0.25) is 9.48 Å². The summed E-state index contributed by atoms with van der Waals surface area (Å²) in [7, 11) is -3.71. The Kier molecular flexibility index (Phi) is 6.79. The van der Waals surface area contributed by atoms with E-state index in [1.54, 1.807) is 0 Å². The monoisotopic (exact) mass is 319 g/mol. The third-order valence-corrected chi connectivity index (χ3v) is 4.76. The van der Waals surface area contributed by atoms with Crippen molar-refractivity contribution >= 4 is 16.0 Å². The summed E-state index contributed by atoms with van der Waals surface area (Å²) in [5.41, 5.74) is 0. The van der Waals surface area contributed by atoms with Crippen LogP contribution in [0.1, 0.15) is 26.2 Å². The van der Waals surface area contributed by atoms with Crippen molar-refractivity contribution in [3.63, 3.8) is 0 Å². The summed E-state index contributed by atoms with van der Waals surface area (Å²) in [5.74, 6) is -0.972. The van der Waals surface area contributed by atoms with Crippen molar-refractivity contribution in [3.05, 3.63) is 12.4 Å². The average Bonchev–Trinajstić information content (AvgIpc) is 2.90. The number of carboxylic acid groups (broad SMARTS) is 1. The fraction of sp³-hybridized carbons (Fsp3) is 0.667. The number of hydrogen-bond acceptors (Lipinski definition) is 5. The second-order valence-corrected chi connectivity index (χ2v) is 6.50. The Hall–Kier alpha value is -1.45. The quantitative estimate of drug-likeness (QED) is 0.634. The summed E-state index contributed by atoms with van der Waals surface area (Å²) in [6.45, 7) is 2.17. The molecule has 2 N–H and O–H groups in total. The topological polar surface area (TPSA) is 113 Å². The standard InChI is InChI=1S/C12H21N3O5S/c1-2-3-5-15(7-8-16)21(19,20)11-9-13-14(10-11)6-4-12(17)18/h9-10,16H,2-8H2,1H3,(H,17,18). The fourth-order valence-corrected chi connectivity index (χ4v) is 3.18. The zero-order valence-corrected chi connectivity index (χ0v) is 12.8. The molecule has 9 heteroatoms. The van der Waals surface area contributed by atoms with Crippen LogP contribution < -0.4 is 0 Å². The van der Waals surface area contributed by atoms with E-state index < -0.39 is 16.0 Å². The van der Waals surface area contributed by atoms with E-state index in [0.29, 0.717) is 13.0 Å². The third-order valence-electron chi connectivity index (χ3n) is 2.91. The van der Waals surface area contributed by atoms with Gasteiger partial charge in [0.2, 0.25) is 10.0 Å². The minimum absolute atomic E-state index is 0.0115. The van der Waals surface area contributed by atoms with Crippen molar-refractivity contribution in [1.82, 2.24) is 14.1 Å². The number of nitrogens with zero attached hydrogens (tertiary/aromatic N) is 3. The van der Waals surface area contributed by atoms with E-state index in [0.717, 1.165) is 6.42 Å². The van der Waals surface area contributed by atoms with Crippen LogP contribution in [0.5, 0.6) is 0 Å². The van der Waals surface area contributed by atoms with E-state index in [9.17, 15) is 13.2 Å². The molecule has 0 radical (unpaired) electrons. The largest absolute Gasteiger partial charge is 0.481 e. The summed E-state index contributed by atoms with van der Waals surface area (Å²) < 4.78 is 27.4. The molecule has 0 saturated carbocycles. The van der Waals surface area contributed by atoms with Gasteiger partial charge < -0.3 is 10.2 Å². The van der Waals surface area contributed by atoms with E-state index in [2.05, 4.69) is 5.10 Å². The Morgan fingerprint density at radius 1 is 1.43 bits per heavy atom. The van der Waals surface area contributed by atoms with Gasteiger partial charge in [0.05, 0.1) is 25.8 Å². The number of unbranched alkanes of at least 4 members (excludes halogenated alkanes) is 1. The van der Waals surface area contributed by atoms with Crippen LogP contribution in [0.15, 0.2) is 17.3 Å². The number of aromatic nitrogens is 2. The highest BCUT2D eigenvalue weighted by molar-refractivity contribution is 7.89. The molecule has 0 aromatic carbocycles. The predicted molar refractivity (Wildman–Crippen MR) is 75.2 cm³/mol. The van der Waals surface area contributed by atoms with Gasteiger partial charge in [-0.2, -0.15) is 9.40 Å². The first-order chi connectivity index (χ1) is 9.91. The van der Waals surface area contributed by atoms with Crippen LogP contribution in [0.3, 0.4) is 0 Å². The predicted octanol–water partition coefficient (Wildman–Crippen LogP) is 0.141. The van der Waals surface area contributed by atoms with Crippen molar-refractivity contribution in [2.45, 2.75) is 37.6 Å². The van der Waals surface area contributed by atoms with Gasteiger partial charge in [0.15, 0.2) is 0 Å². The first kappa shape index (κ1) is 17.6. The maximum Gasteiger partial charge on any atom is 0.305 e. The molecule has 1 rings (SSSR count). The molecule has 8 nitrogen and oxygen atoms in total. The average molecular weight is 319 g/mol. The van der Waals surface area contributed by atoms with Crippen molar-refractivity contribution in [3.8, 4) is 0 Å². The molecule has 0 fully saturated rings. The number of aliphatic carboxylic acids is 1. The second-order valence-electron chi connectivity index (χ2n) is 4.56. The van der Waals surface area contributed by atoms with E-state index in [1.165, 1.54) is 21.4 Å². The number of aryl methyl sites for hydroxylation is 1. The number of aliphatic hydroxyl groups is 1. The highest BCUT2D eigenvalue weighted by Gasteiger charge is 2.25. The molecule has 21 heavy (non-hydrogen) atoms. The van der Waals surface area contributed by atoms with Crippen LogP contribution in [-0.4, -0.2) is 58.4 Å². The van der Waals surface area contributed by atoms with Gasteiger partial charge in [-0.15, -0.1) is 0 Å². The fourth-order valence-electron chi connectivity index (χ4n) is 1.76. The normalized spacial score (nSPS) is 12.0. The smallest absolute Gasteiger partial charge is 0.305 e. The summed E-state index contributed by atoms with van der Waals surface area (Å²) in [6, 6.07) is 0. The summed E-state index contributed by atoms with van der Waals surface area (Å²) in [5, 5.41) is 21.5. The summed E-state index contributed by atoms with van der Waals surface area (Å²) in [6.07, 6.45) is 3.93. The molecule has 0 bridgehead atoms. The number of sulfonamides is 1. The molecule has 0 spiro atoms. The molecule has 0 aliphatic carbocycles. The van der Waals surface area contributed by atoms with Crippen LogP contribution in [0.2, 0.25) is 0 Å². The Morgan fingerprint density at radius 2 is 2.14 bits per heavy atom. The lowest BCUT2D eigenvalue weighted by atomic mass is 10.3. The number of aliphatic hydroxyl groups excluding tert-OH is 1. The highest BCUT2D eigenvalue weighted by Crippen LogP contribution is 2.15. The molecule has 1 aromatic rings. The molecular formula is C12H21N3O5S. The lowest BCUT2D eigenvalue weighted by Crippen LogP contribution is -2.34. The van der Waals surface area contributed by atoms with Gasteiger partial charge in [-0.1, -0.05) is 13.3 Å². The Balaban J connectivity index is 2.86. The van der Waals surface area contributed by atoms with Gasteiger partial charge in [0, 0.05) is 19.3 Å². The Morgan fingerprint density at radius 3 is 2.71 bits per heavy atom. The Bertz CT molecular complexity index is 555. The number of carbonyl (C=O) groups is 1. The second kappa shape index (κ2) is 8.11. The van der Waals surface area contributed by atoms with E-state index in [4.69, 9.17) is 10.2 Å². The molecule has 0 saturated heterocycles. The SMILES string of the molecule is CCCCN(CCO)S(=O)(=O)c1cnn(CCC(=O)O)c1. The molecular weight excluding hydrogens is 298 g/mol. The molecule has 1 heterocycles. The molecule has 120 valence electrons. The van der Waals surface area contributed by atoms with Gasteiger partial charge in [0.1, 0.15) is 4.90 Å². The van der Waals surface area contributed by atoms with Crippen molar-refractivity contribution in [1.29, 1.82) is 0 Å². The number of rotatable bonds is 10. The van der Waals surface area contributed by atoms with Gasteiger partial charge in [-0.05, 0) is 6.42 Å². The lowest BCUT2D eigenvalue weighted by molar-refractivity contribution is -0.137. The van der Waals surface area contributed by atoms with Crippen LogP contribution in [0, 0.1) is 0 Å². The minimum Gasteiger partial charge on any atom is -0.481 e. The minimum atomic E-state index is -3.71. The first-order valence-electron chi connectivity index (χ1n) is 6.77. The van der Waals surface area contributed by atoms with E-state index >= 15 is 0 Å². The molecule has 0 unspecified atom stereocenters.